The number of carbonyl (C=O) groups is 1. The Bertz CT molecular complexity index is 1110. The first-order valence-electron chi connectivity index (χ1n) is 9.71. The number of anilines is 1. The van der Waals surface area contributed by atoms with E-state index in [0.717, 1.165) is 0 Å². The molecule has 30 heavy (non-hydrogen) atoms. The van der Waals surface area contributed by atoms with Crippen molar-refractivity contribution in [2.24, 2.45) is 0 Å². The summed E-state index contributed by atoms with van der Waals surface area (Å²) >= 11 is 1.29. The highest BCUT2D eigenvalue weighted by Gasteiger charge is 2.22. The van der Waals surface area contributed by atoms with Crippen molar-refractivity contribution in [3.63, 3.8) is 0 Å². The van der Waals surface area contributed by atoms with Crippen LogP contribution in [0.1, 0.15) is 20.3 Å². The molecule has 158 valence electrons. The largest absolute Gasteiger partial charge is 0.497 e. The molecule has 0 saturated heterocycles. The van der Waals surface area contributed by atoms with E-state index in [-0.39, 0.29) is 11.5 Å². The zero-order chi connectivity index (χ0) is 21.7. The maximum atomic E-state index is 13.0. The highest BCUT2D eigenvalue weighted by atomic mass is 32.2. The minimum absolute atomic E-state index is 0.0994. The van der Waals surface area contributed by atoms with Gasteiger partial charge in [-0.1, -0.05) is 30.8 Å². The molecular formula is C22H25N3O4S. The highest BCUT2D eigenvalue weighted by molar-refractivity contribution is 8.00. The molecule has 0 aliphatic heterocycles. The molecule has 7 nitrogen and oxygen atoms in total. The topological polar surface area (TPSA) is 82.5 Å². The molecule has 0 radical (unpaired) electrons. The predicted octanol–water partition coefficient (Wildman–Crippen LogP) is 3.94. The number of carbonyl (C=O) groups excluding carboxylic acids is 1. The van der Waals surface area contributed by atoms with Gasteiger partial charge in [-0.2, -0.15) is 0 Å². The summed E-state index contributed by atoms with van der Waals surface area (Å²) in [6, 6.07) is 12.5. The average Bonchev–Trinajstić information content (AvgIpc) is 2.77. The van der Waals surface area contributed by atoms with E-state index in [1.807, 2.05) is 32.0 Å². The summed E-state index contributed by atoms with van der Waals surface area (Å²) in [5.74, 6) is 0.964. The number of aromatic nitrogens is 2. The Morgan fingerprint density at radius 1 is 1.17 bits per heavy atom. The quantitative estimate of drug-likeness (QED) is 0.433. The lowest BCUT2D eigenvalue weighted by Gasteiger charge is -2.18. The predicted molar refractivity (Wildman–Crippen MR) is 120 cm³/mol. The van der Waals surface area contributed by atoms with E-state index in [1.54, 1.807) is 35.9 Å². The van der Waals surface area contributed by atoms with E-state index >= 15 is 0 Å². The lowest BCUT2D eigenvalue weighted by molar-refractivity contribution is -0.115. The maximum Gasteiger partial charge on any atom is 0.262 e. The number of nitrogens with one attached hydrogen (secondary N) is 1. The maximum absolute atomic E-state index is 13.0. The van der Waals surface area contributed by atoms with Gasteiger partial charge in [-0.05, 0) is 37.6 Å². The number of thioether (sulfide) groups is 1. The van der Waals surface area contributed by atoms with Gasteiger partial charge in [0.15, 0.2) is 5.16 Å². The Morgan fingerprint density at radius 3 is 2.60 bits per heavy atom. The fourth-order valence-corrected chi connectivity index (χ4v) is 4.16. The number of ether oxygens (including phenoxy) is 2. The zero-order valence-corrected chi connectivity index (χ0v) is 18.3. The standard InChI is InChI=1S/C22H25N3O4S/c1-5-19(20(26)23-17-12-11-14(28-3)13-18(17)29-4)30-22-24-16-10-8-7-9-15(16)21(27)25(22)6-2/h7-13,19H,5-6H2,1-4H3,(H,23,26). The van der Waals surface area contributed by atoms with Gasteiger partial charge in [0.1, 0.15) is 11.5 Å². The second-order valence-corrected chi connectivity index (χ2v) is 7.70. The minimum Gasteiger partial charge on any atom is -0.497 e. The molecule has 1 unspecified atom stereocenters. The molecule has 1 N–H and O–H groups in total. The van der Waals surface area contributed by atoms with E-state index in [2.05, 4.69) is 10.3 Å². The summed E-state index contributed by atoms with van der Waals surface area (Å²) < 4.78 is 12.2. The third-order valence-corrected chi connectivity index (χ3v) is 6.07. The summed E-state index contributed by atoms with van der Waals surface area (Å²) in [5.41, 5.74) is 1.08. The van der Waals surface area contributed by atoms with Crippen molar-refractivity contribution in [1.82, 2.24) is 9.55 Å². The lowest BCUT2D eigenvalue weighted by atomic mass is 10.2. The molecule has 0 aliphatic rings. The molecule has 0 saturated carbocycles. The number of benzene rings is 2. The van der Waals surface area contributed by atoms with Gasteiger partial charge in [-0.15, -0.1) is 0 Å². The molecule has 0 bridgehead atoms. The Morgan fingerprint density at radius 2 is 1.93 bits per heavy atom. The van der Waals surface area contributed by atoms with Crippen molar-refractivity contribution in [1.29, 1.82) is 0 Å². The van der Waals surface area contributed by atoms with Gasteiger partial charge in [0.2, 0.25) is 5.91 Å². The lowest BCUT2D eigenvalue weighted by Crippen LogP contribution is -2.28. The van der Waals surface area contributed by atoms with Crippen LogP contribution in [0, 0.1) is 0 Å². The van der Waals surface area contributed by atoms with E-state index in [0.29, 0.717) is 46.2 Å². The normalized spacial score (nSPS) is 11.9. The summed E-state index contributed by atoms with van der Waals surface area (Å²) in [4.78, 5) is 30.5. The van der Waals surface area contributed by atoms with E-state index < -0.39 is 5.25 Å². The number of amides is 1. The summed E-state index contributed by atoms with van der Waals surface area (Å²) in [5, 5.41) is 3.60. The van der Waals surface area contributed by atoms with E-state index in [9.17, 15) is 9.59 Å². The molecule has 8 heteroatoms. The fourth-order valence-electron chi connectivity index (χ4n) is 3.08. The van der Waals surface area contributed by atoms with E-state index in [1.165, 1.54) is 18.9 Å². The number of fused-ring (bicyclic) bond motifs is 1. The molecule has 0 aliphatic carbocycles. The first kappa shape index (κ1) is 21.7. The van der Waals surface area contributed by atoms with Gasteiger partial charge < -0.3 is 14.8 Å². The monoisotopic (exact) mass is 427 g/mol. The zero-order valence-electron chi connectivity index (χ0n) is 17.5. The van der Waals surface area contributed by atoms with Crippen LogP contribution >= 0.6 is 11.8 Å². The number of rotatable bonds is 8. The second kappa shape index (κ2) is 9.67. The Labute approximate surface area is 179 Å². The second-order valence-electron chi connectivity index (χ2n) is 6.53. The third kappa shape index (κ3) is 4.43. The number of hydrogen-bond donors (Lipinski definition) is 1. The van der Waals surface area contributed by atoms with Crippen LogP contribution in [0.2, 0.25) is 0 Å². The number of para-hydroxylation sites is 1. The van der Waals surface area contributed by atoms with Crippen LogP contribution in [0.5, 0.6) is 11.5 Å². The van der Waals surface area contributed by atoms with Crippen molar-refractivity contribution < 1.29 is 14.3 Å². The molecule has 0 spiro atoms. The first-order valence-corrected chi connectivity index (χ1v) is 10.6. The van der Waals surface area contributed by atoms with Crippen LogP contribution in [0.25, 0.3) is 10.9 Å². The third-order valence-electron chi connectivity index (χ3n) is 4.72. The Hall–Kier alpha value is -3.00. The molecule has 1 amide bonds. The van der Waals surface area contributed by atoms with Crippen LogP contribution in [0.3, 0.4) is 0 Å². The molecule has 1 atom stereocenters. The van der Waals surface area contributed by atoms with Gasteiger partial charge in [0.25, 0.3) is 5.56 Å². The van der Waals surface area contributed by atoms with Crippen LogP contribution in [-0.4, -0.2) is 34.9 Å². The van der Waals surface area contributed by atoms with Crippen LogP contribution in [0.15, 0.2) is 52.4 Å². The van der Waals surface area contributed by atoms with Gasteiger partial charge >= 0.3 is 0 Å². The number of hydrogen-bond acceptors (Lipinski definition) is 6. The average molecular weight is 428 g/mol. The minimum atomic E-state index is -0.428. The molecule has 2 aromatic carbocycles. The van der Waals surface area contributed by atoms with Crippen molar-refractivity contribution in [2.75, 3.05) is 19.5 Å². The first-order chi connectivity index (χ1) is 14.5. The molecule has 0 fully saturated rings. The molecule has 1 aromatic heterocycles. The van der Waals surface area contributed by atoms with Crippen molar-refractivity contribution in [3.05, 3.63) is 52.8 Å². The smallest absolute Gasteiger partial charge is 0.262 e. The molecular weight excluding hydrogens is 402 g/mol. The van der Waals surface area contributed by atoms with Crippen LogP contribution < -0.4 is 20.3 Å². The van der Waals surface area contributed by atoms with Gasteiger partial charge in [0.05, 0.1) is 36.1 Å². The van der Waals surface area contributed by atoms with Gasteiger partial charge in [0, 0.05) is 12.6 Å². The molecule has 3 aromatic rings. The summed E-state index contributed by atoms with van der Waals surface area (Å²) in [6.45, 7) is 4.30. The summed E-state index contributed by atoms with van der Waals surface area (Å²) in [6.07, 6.45) is 0.571. The Balaban J connectivity index is 1.88. The molecule has 1 heterocycles. The Kier molecular flexibility index (Phi) is 6.99. The van der Waals surface area contributed by atoms with Gasteiger partial charge in [-0.3, -0.25) is 14.2 Å². The van der Waals surface area contributed by atoms with Crippen LogP contribution in [0.4, 0.5) is 5.69 Å². The fraction of sp³-hybridized carbons (Fsp3) is 0.318. The van der Waals surface area contributed by atoms with Crippen molar-refractivity contribution in [2.45, 2.75) is 37.2 Å². The van der Waals surface area contributed by atoms with E-state index in [4.69, 9.17) is 9.47 Å². The number of nitrogens with zero attached hydrogens (tertiary/aromatic N) is 2. The SMILES string of the molecule is CCC(Sc1nc2ccccc2c(=O)n1CC)C(=O)Nc1ccc(OC)cc1OC. The number of methoxy groups -OCH3 is 2. The van der Waals surface area contributed by atoms with Gasteiger partial charge in [-0.25, -0.2) is 4.98 Å². The van der Waals surface area contributed by atoms with Crippen molar-refractivity contribution in [3.8, 4) is 11.5 Å². The highest BCUT2D eigenvalue weighted by Crippen LogP contribution is 2.31. The molecule has 3 rings (SSSR count). The van der Waals surface area contributed by atoms with Crippen LogP contribution in [-0.2, 0) is 11.3 Å². The summed E-state index contributed by atoms with van der Waals surface area (Å²) in [7, 11) is 3.11. The van der Waals surface area contributed by atoms with Crippen molar-refractivity contribution >= 4 is 34.3 Å².